The van der Waals surface area contributed by atoms with Crippen molar-refractivity contribution in [2.24, 2.45) is 0 Å². The molecule has 0 bridgehead atoms. The molecular weight excluding hydrogens is 297 g/mol. The first kappa shape index (κ1) is 15.2. The van der Waals surface area contributed by atoms with Crippen LogP contribution in [0.4, 0.5) is 4.39 Å². The number of benzene rings is 1. The minimum absolute atomic E-state index is 0.0252. The van der Waals surface area contributed by atoms with E-state index in [1.54, 1.807) is 6.07 Å². The maximum Gasteiger partial charge on any atom is 0.165 e. The van der Waals surface area contributed by atoms with E-state index in [1.165, 1.54) is 6.07 Å². The van der Waals surface area contributed by atoms with Crippen molar-refractivity contribution in [1.29, 1.82) is 0 Å². The van der Waals surface area contributed by atoms with Crippen LogP contribution in [-0.2, 0) is 6.54 Å². The summed E-state index contributed by atoms with van der Waals surface area (Å²) in [6, 6.07) is 4.94. The standard InChI is InChI=1S/C14H19BrFNO/c1-10(15)9-18-13-11(6-5-7-12(13)16)8-17-14(2,3)4/h5-7,17H,1,8-9H2,2-4H3. The lowest BCUT2D eigenvalue weighted by atomic mass is 10.1. The fourth-order valence-corrected chi connectivity index (χ4v) is 1.48. The van der Waals surface area contributed by atoms with Crippen molar-refractivity contribution < 1.29 is 9.13 Å². The normalized spacial score (nSPS) is 11.4. The second-order valence-electron chi connectivity index (χ2n) is 5.14. The monoisotopic (exact) mass is 315 g/mol. The topological polar surface area (TPSA) is 21.3 Å². The van der Waals surface area contributed by atoms with Crippen LogP contribution in [0.25, 0.3) is 0 Å². The van der Waals surface area contributed by atoms with Crippen molar-refractivity contribution >= 4 is 15.9 Å². The Kier molecular flexibility index (Phi) is 5.35. The summed E-state index contributed by atoms with van der Waals surface area (Å²) in [5.74, 6) is -0.0631. The minimum atomic E-state index is -0.350. The summed E-state index contributed by atoms with van der Waals surface area (Å²) < 4.78 is 19.8. The third-order valence-corrected chi connectivity index (χ3v) is 2.46. The van der Waals surface area contributed by atoms with Crippen LogP contribution in [-0.4, -0.2) is 12.1 Å². The van der Waals surface area contributed by atoms with E-state index in [1.807, 2.05) is 6.07 Å². The lowest BCUT2D eigenvalue weighted by Crippen LogP contribution is -2.35. The van der Waals surface area contributed by atoms with Gasteiger partial charge in [0.15, 0.2) is 11.6 Å². The van der Waals surface area contributed by atoms with Crippen molar-refractivity contribution in [3.8, 4) is 5.75 Å². The number of hydrogen-bond donors (Lipinski definition) is 1. The van der Waals surface area contributed by atoms with Gasteiger partial charge in [-0.05, 0) is 26.8 Å². The highest BCUT2D eigenvalue weighted by atomic mass is 79.9. The van der Waals surface area contributed by atoms with Crippen LogP contribution in [0.3, 0.4) is 0 Å². The number of halogens is 2. The largest absolute Gasteiger partial charge is 0.485 e. The molecule has 0 radical (unpaired) electrons. The van der Waals surface area contributed by atoms with Gasteiger partial charge in [-0.25, -0.2) is 4.39 Å². The number of ether oxygens (including phenoxy) is 1. The van der Waals surface area contributed by atoms with Crippen molar-refractivity contribution in [1.82, 2.24) is 5.32 Å². The molecule has 0 aliphatic carbocycles. The molecule has 2 nitrogen and oxygen atoms in total. The summed E-state index contributed by atoms with van der Waals surface area (Å²) in [6.45, 7) is 10.7. The van der Waals surface area contributed by atoms with E-state index >= 15 is 0 Å². The van der Waals surface area contributed by atoms with Gasteiger partial charge in [-0.1, -0.05) is 34.6 Å². The Hall–Kier alpha value is -0.870. The lowest BCUT2D eigenvalue weighted by molar-refractivity contribution is 0.331. The molecule has 0 unspecified atom stereocenters. The molecule has 1 aromatic carbocycles. The Morgan fingerprint density at radius 2 is 2.11 bits per heavy atom. The van der Waals surface area contributed by atoms with E-state index in [0.29, 0.717) is 11.0 Å². The Labute approximate surface area is 116 Å². The zero-order valence-corrected chi connectivity index (χ0v) is 12.6. The van der Waals surface area contributed by atoms with Gasteiger partial charge in [0.05, 0.1) is 0 Å². The fraction of sp³-hybridized carbons (Fsp3) is 0.429. The van der Waals surface area contributed by atoms with E-state index in [4.69, 9.17) is 4.74 Å². The van der Waals surface area contributed by atoms with Crippen LogP contribution in [0.2, 0.25) is 0 Å². The highest BCUT2D eigenvalue weighted by Gasteiger charge is 2.13. The molecule has 0 spiro atoms. The van der Waals surface area contributed by atoms with Crippen molar-refractivity contribution in [3.05, 3.63) is 40.6 Å². The molecule has 1 aromatic rings. The molecule has 0 amide bonds. The molecule has 1 N–H and O–H groups in total. The third kappa shape index (κ3) is 5.19. The van der Waals surface area contributed by atoms with Gasteiger partial charge in [0, 0.05) is 22.1 Å². The molecule has 0 heterocycles. The first-order valence-electron chi connectivity index (χ1n) is 5.78. The summed E-state index contributed by atoms with van der Waals surface area (Å²) in [5, 5.41) is 3.31. The molecule has 0 saturated heterocycles. The fourth-order valence-electron chi connectivity index (χ4n) is 1.37. The number of rotatable bonds is 5. The average Bonchev–Trinajstić information content (AvgIpc) is 2.23. The molecule has 0 fully saturated rings. The predicted molar refractivity (Wildman–Crippen MR) is 76.6 cm³/mol. The van der Waals surface area contributed by atoms with E-state index in [-0.39, 0.29) is 23.7 Å². The third-order valence-electron chi connectivity index (χ3n) is 2.23. The lowest BCUT2D eigenvalue weighted by Gasteiger charge is -2.21. The average molecular weight is 316 g/mol. The highest BCUT2D eigenvalue weighted by Crippen LogP contribution is 2.24. The van der Waals surface area contributed by atoms with Gasteiger partial charge in [-0.3, -0.25) is 0 Å². The maximum absolute atomic E-state index is 13.7. The van der Waals surface area contributed by atoms with Crippen LogP contribution in [0.15, 0.2) is 29.3 Å². The second kappa shape index (κ2) is 6.34. The highest BCUT2D eigenvalue weighted by molar-refractivity contribution is 9.11. The summed E-state index contributed by atoms with van der Waals surface area (Å²) in [7, 11) is 0. The smallest absolute Gasteiger partial charge is 0.165 e. The summed E-state index contributed by atoms with van der Waals surface area (Å²) in [4.78, 5) is 0. The molecule has 1 rings (SSSR count). The molecule has 18 heavy (non-hydrogen) atoms. The van der Waals surface area contributed by atoms with Crippen LogP contribution in [0, 0.1) is 5.82 Å². The van der Waals surface area contributed by atoms with E-state index in [9.17, 15) is 4.39 Å². The molecule has 0 aromatic heterocycles. The molecule has 0 aliphatic heterocycles. The van der Waals surface area contributed by atoms with Crippen molar-refractivity contribution in [3.63, 3.8) is 0 Å². The van der Waals surface area contributed by atoms with E-state index in [2.05, 4.69) is 48.6 Å². The van der Waals surface area contributed by atoms with Crippen LogP contribution >= 0.6 is 15.9 Å². The molecule has 0 atom stereocenters. The zero-order valence-electron chi connectivity index (χ0n) is 11.0. The first-order valence-corrected chi connectivity index (χ1v) is 6.57. The van der Waals surface area contributed by atoms with Gasteiger partial charge < -0.3 is 10.1 Å². The van der Waals surface area contributed by atoms with Gasteiger partial charge >= 0.3 is 0 Å². The predicted octanol–water partition coefficient (Wildman–Crippen LogP) is 4.00. The Balaban J connectivity index is 2.83. The summed E-state index contributed by atoms with van der Waals surface area (Å²) in [6.07, 6.45) is 0. The SMILES string of the molecule is C=C(Br)COc1c(F)cccc1CNC(C)(C)C. The maximum atomic E-state index is 13.7. The first-order chi connectivity index (χ1) is 8.29. The van der Waals surface area contributed by atoms with Gasteiger partial charge in [-0.2, -0.15) is 0 Å². The summed E-state index contributed by atoms with van der Waals surface area (Å²) >= 11 is 3.19. The summed E-state index contributed by atoms with van der Waals surface area (Å²) in [5.41, 5.74) is 0.779. The Bertz CT molecular complexity index is 426. The Morgan fingerprint density at radius 3 is 2.67 bits per heavy atom. The zero-order chi connectivity index (χ0) is 13.8. The molecule has 4 heteroatoms. The number of nitrogens with one attached hydrogen (secondary N) is 1. The van der Waals surface area contributed by atoms with Gasteiger partial charge in [0.1, 0.15) is 6.61 Å². The van der Waals surface area contributed by atoms with Crippen LogP contribution < -0.4 is 10.1 Å². The van der Waals surface area contributed by atoms with Gasteiger partial charge in [0.25, 0.3) is 0 Å². The van der Waals surface area contributed by atoms with Crippen molar-refractivity contribution in [2.45, 2.75) is 32.9 Å². The van der Waals surface area contributed by atoms with Crippen LogP contribution in [0.1, 0.15) is 26.3 Å². The van der Waals surface area contributed by atoms with Gasteiger partial charge in [0.2, 0.25) is 0 Å². The Morgan fingerprint density at radius 1 is 1.44 bits per heavy atom. The second-order valence-corrected chi connectivity index (χ2v) is 6.26. The molecule has 0 saturated carbocycles. The molecule has 100 valence electrons. The van der Waals surface area contributed by atoms with Crippen LogP contribution in [0.5, 0.6) is 5.75 Å². The minimum Gasteiger partial charge on any atom is -0.485 e. The van der Waals surface area contributed by atoms with E-state index in [0.717, 1.165) is 5.56 Å². The quantitative estimate of drug-likeness (QED) is 0.886. The van der Waals surface area contributed by atoms with E-state index < -0.39 is 0 Å². The van der Waals surface area contributed by atoms with Gasteiger partial charge in [-0.15, -0.1) is 0 Å². The number of hydrogen-bond acceptors (Lipinski definition) is 2. The molecular formula is C14H19BrFNO. The van der Waals surface area contributed by atoms with Crippen molar-refractivity contribution in [2.75, 3.05) is 6.61 Å². The number of para-hydroxylation sites is 1. The molecule has 0 aliphatic rings.